The predicted molar refractivity (Wildman–Crippen MR) is 63.9 cm³/mol. The summed E-state index contributed by atoms with van der Waals surface area (Å²) in [5.41, 5.74) is 0. The molecule has 3 rings (SSSR count). The van der Waals surface area contributed by atoms with Crippen LogP contribution in [0, 0.1) is 5.92 Å². The molecule has 17 heavy (non-hydrogen) atoms. The molecule has 2 unspecified atom stereocenters. The largest absolute Gasteiger partial charge is 0.354 e. The summed E-state index contributed by atoms with van der Waals surface area (Å²) in [6.07, 6.45) is 1.98. The van der Waals surface area contributed by atoms with E-state index in [1.165, 1.54) is 0 Å². The highest BCUT2D eigenvalue weighted by molar-refractivity contribution is 6.29. The number of hydrogen-bond donors (Lipinski definition) is 1. The second kappa shape index (κ2) is 4.14. The monoisotopic (exact) mass is 252 g/mol. The highest BCUT2D eigenvalue weighted by Crippen LogP contribution is 2.30. The smallest absolute Gasteiger partial charge is 0.225 e. The van der Waals surface area contributed by atoms with Gasteiger partial charge in [0, 0.05) is 13.1 Å². The van der Waals surface area contributed by atoms with E-state index in [1.807, 2.05) is 6.07 Å². The molecule has 2 aliphatic rings. The van der Waals surface area contributed by atoms with Gasteiger partial charge in [-0.2, -0.15) is 0 Å². The Kier molecular flexibility index (Phi) is 2.63. The van der Waals surface area contributed by atoms with E-state index >= 15 is 0 Å². The van der Waals surface area contributed by atoms with Crippen LogP contribution in [0.1, 0.15) is 12.8 Å². The summed E-state index contributed by atoms with van der Waals surface area (Å²) in [6, 6.07) is 3.81. The summed E-state index contributed by atoms with van der Waals surface area (Å²) in [4.78, 5) is 13.8. The zero-order valence-electron chi connectivity index (χ0n) is 9.27. The van der Waals surface area contributed by atoms with Crippen molar-refractivity contribution in [2.24, 2.45) is 5.92 Å². The van der Waals surface area contributed by atoms with Gasteiger partial charge in [0.25, 0.3) is 0 Å². The van der Waals surface area contributed by atoms with Crippen molar-refractivity contribution in [1.82, 2.24) is 15.5 Å². The normalized spacial score (nSPS) is 27.8. The van der Waals surface area contributed by atoms with Crippen LogP contribution in [0.2, 0.25) is 5.15 Å². The molecule has 0 radical (unpaired) electrons. The molecule has 0 bridgehead atoms. The first-order chi connectivity index (χ1) is 8.25. The van der Waals surface area contributed by atoms with Crippen molar-refractivity contribution in [3.05, 3.63) is 17.3 Å². The fourth-order valence-corrected chi connectivity index (χ4v) is 2.80. The number of piperidine rings is 1. The lowest BCUT2D eigenvalue weighted by atomic mass is 9.91. The van der Waals surface area contributed by atoms with E-state index in [0.29, 0.717) is 11.7 Å². The number of halogens is 1. The summed E-state index contributed by atoms with van der Waals surface area (Å²) in [5, 5.41) is 11.3. The van der Waals surface area contributed by atoms with Gasteiger partial charge in [-0.1, -0.05) is 11.6 Å². The third kappa shape index (κ3) is 1.84. The maximum absolute atomic E-state index is 11.6. The second-order valence-electron chi connectivity index (χ2n) is 4.47. The fourth-order valence-electron chi connectivity index (χ4n) is 2.70. The molecule has 1 N–H and O–H groups in total. The van der Waals surface area contributed by atoms with Crippen molar-refractivity contribution in [3.63, 3.8) is 0 Å². The first-order valence-electron chi connectivity index (χ1n) is 5.79. The van der Waals surface area contributed by atoms with E-state index in [-0.39, 0.29) is 17.9 Å². The Hall–Kier alpha value is -1.36. The number of carbonyl (C=O) groups is 1. The maximum Gasteiger partial charge on any atom is 0.225 e. The topological polar surface area (TPSA) is 58.1 Å². The molecule has 6 heteroatoms. The fraction of sp³-hybridized carbons (Fsp3) is 0.545. The molecule has 2 atom stereocenters. The Balaban J connectivity index is 1.87. The van der Waals surface area contributed by atoms with Crippen molar-refractivity contribution in [2.75, 3.05) is 18.0 Å². The molecular weight excluding hydrogens is 240 g/mol. The molecule has 0 saturated carbocycles. The van der Waals surface area contributed by atoms with Crippen molar-refractivity contribution in [3.8, 4) is 0 Å². The van der Waals surface area contributed by atoms with E-state index in [0.717, 1.165) is 25.2 Å². The quantitative estimate of drug-likeness (QED) is 0.805. The number of rotatable bonds is 1. The van der Waals surface area contributed by atoms with Crippen LogP contribution >= 0.6 is 11.6 Å². The maximum atomic E-state index is 11.6. The van der Waals surface area contributed by atoms with Crippen LogP contribution in [0.15, 0.2) is 12.1 Å². The second-order valence-corrected chi connectivity index (χ2v) is 4.86. The minimum atomic E-state index is 0.0984. The van der Waals surface area contributed by atoms with Crippen molar-refractivity contribution in [2.45, 2.75) is 18.9 Å². The van der Waals surface area contributed by atoms with Gasteiger partial charge in [0.15, 0.2) is 11.0 Å². The number of nitrogens with zero attached hydrogens (tertiary/aromatic N) is 3. The number of aromatic nitrogens is 2. The zero-order chi connectivity index (χ0) is 11.8. The Bertz CT molecular complexity index is 436. The number of nitrogens with one attached hydrogen (secondary N) is 1. The number of anilines is 1. The Morgan fingerprint density at radius 1 is 1.41 bits per heavy atom. The molecule has 0 spiro atoms. The SMILES string of the molecule is O=C1NCC2C1CCCN2c1ccc(Cl)nn1. The molecule has 0 aliphatic carbocycles. The van der Waals surface area contributed by atoms with Gasteiger partial charge < -0.3 is 10.2 Å². The summed E-state index contributed by atoms with van der Waals surface area (Å²) in [5.74, 6) is 1.07. The van der Waals surface area contributed by atoms with Gasteiger partial charge in [-0.25, -0.2) is 0 Å². The van der Waals surface area contributed by atoms with E-state index in [2.05, 4.69) is 20.4 Å². The predicted octanol–water partition coefficient (Wildman–Crippen LogP) is 0.845. The number of amides is 1. The molecule has 0 aromatic carbocycles. The lowest BCUT2D eigenvalue weighted by molar-refractivity contribution is -0.122. The standard InChI is InChI=1S/C11H13ClN4O/c12-9-3-4-10(15-14-9)16-5-1-2-7-8(16)6-13-11(7)17/h3-4,7-8H,1-2,5-6H2,(H,13,17). The number of hydrogen-bond acceptors (Lipinski definition) is 4. The van der Waals surface area contributed by atoms with Crippen molar-refractivity contribution >= 4 is 23.3 Å². The summed E-state index contributed by atoms with van der Waals surface area (Å²) in [6.45, 7) is 1.63. The average Bonchev–Trinajstić information content (AvgIpc) is 2.73. The Labute approximate surface area is 104 Å². The van der Waals surface area contributed by atoms with Gasteiger partial charge in [-0.15, -0.1) is 10.2 Å². The highest BCUT2D eigenvalue weighted by Gasteiger charge is 2.41. The van der Waals surface area contributed by atoms with Gasteiger partial charge in [0.1, 0.15) is 0 Å². The third-order valence-electron chi connectivity index (χ3n) is 3.51. The summed E-state index contributed by atoms with van der Waals surface area (Å²) >= 11 is 5.73. The third-order valence-corrected chi connectivity index (χ3v) is 3.71. The molecule has 2 fully saturated rings. The molecule has 5 nitrogen and oxygen atoms in total. The Morgan fingerprint density at radius 3 is 3.06 bits per heavy atom. The summed E-state index contributed by atoms with van der Waals surface area (Å²) < 4.78 is 0. The van der Waals surface area contributed by atoms with Gasteiger partial charge >= 0.3 is 0 Å². The van der Waals surface area contributed by atoms with Crippen LogP contribution in [0.5, 0.6) is 0 Å². The van der Waals surface area contributed by atoms with Crippen molar-refractivity contribution in [1.29, 1.82) is 0 Å². The van der Waals surface area contributed by atoms with Crippen LogP contribution < -0.4 is 10.2 Å². The van der Waals surface area contributed by atoms with Gasteiger partial charge in [-0.05, 0) is 25.0 Å². The van der Waals surface area contributed by atoms with Gasteiger partial charge in [0.05, 0.1) is 12.0 Å². The van der Waals surface area contributed by atoms with E-state index in [9.17, 15) is 4.79 Å². The molecule has 2 saturated heterocycles. The number of fused-ring (bicyclic) bond motifs is 1. The minimum absolute atomic E-state index is 0.0984. The Morgan fingerprint density at radius 2 is 2.29 bits per heavy atom. The van der Waals surface area contributed by atoms with Crippen LogP contribution in [0.25, 0.3) is 0 Å². The summed E-state index contributed by atoms with van der Waals surface area (Å²) in [7, 11) is 0. The van der Waals surface area contributed by atoms with E-state index in [1.54, 1.807) is 6.07 Å². The zero-order valence-corrected chi connectivity index (χ0v) is 10.0. The molecule has 2 aliphatic heterocycles. The van der Waals surface area contributed by atoms with E-state index in [4.69, 9.17) is 11.6 Å². The first kappa shape index (κ1) is 10.8. The molecule has 1 aromatic heterocycles. The van der Waals surface area contributed by atoms with Crippen LogP contribution in [0.3, 0.4) is 0 Å². The number of carbonyl (C=O) groups excluding carboxylic acids is 1. The first-order valence-corrected chi connectivity index (χ1v) is 6.17. The molecule has 90 valence electrons. The van der Waals surface area contributed by atoms with Gasteiger partial charge in [-0.3, -0.25) is 4.79 Å². The lowest BCUT2D eigenvalue weighted by Crippen LogP contribution is -2.46. The van der Waals surface area contributed by atoms with Crippen molar-refractivity contribution < 1.29 is 4.79 Å². The average molecular weight is 253 g/mol. The van der Waals surface area contributed by atoms with Crippen LogP contribution in [-0.2, 0) is 4.79 Å². The molecule has 1 aromatic rings. The molecule has 1 amide bonds. The lowest BCUT2D eigenvalue weighted by Gasteiger charge is -2.36. The van der Waals surface area contributed by atoms with Gasteiger partial charge in [0.2, 0.25) is 5.91 Å². The minimum Gasteiger partial charge on any atom is -0.354 e. The van der Waals surface area contributed by atoms with Crippen LogP contribution in [0.4, 0.5) is 5.82 Å². The highest BCUT2D eigenvalue weighted by atomic mass is 35.5. The molecular formula is C11H13ClN4O. The molecule has 3 heterocycles. The van der Waals surface area contributed by atoms with E-state index < -0.39 is 0 Å². The van der Waals surface area contributed by atoms with Crippen LogP contribution in [-0.4, -0.2) is 35.2 Å².